The summed E-state index contributed by atoms with van der Waals surface area (Å²) in [6, 6.07) is 6.62. The van der Waals surface area contributed by atoms with E-state index in [2.05, 4.69) is 29.9 Å². The van der Waals surface area contributed by atoms with Gasteiger partial charge in [0.1, 0.15) is 0 Å². The Morgan fingerprint density at radius 2 is 1.48 bits per heavy atom. The van der Waals surface area contributed by atoms with Crippen molar-refractivity contribution in [3.8, 4) is 23.0 Å². The minimum absolute atomic E-state index is 0.0890. The maximum absolute atomic E-state index is 13.8. The van der Waals surface area contributed by atoms with Crippen molar-refractivity contribution in [2.45, 2.75) is 50.6 Å². The molecule has 2 atom stereocenters. The lowest BCUT2D eigenvalue weighted by Gasteiger charge is -2.26. The molecule has 13 heteroatoms. The van der Waals surface area contributed by atoms with Crippen LogP contribution in [0.3, 0.4) is 0 Å². The van der Waals surface area contributed by atoms with E-state index >= 15 is 0 Å². The fourth-order valence-corrected chi connectivity index (χ4v) is 7.07. The van der Waals surface area contributed by atoms with Gasteiger partial charge in [-0.25, -0.2) is 0 Å². The van der Waals surface area contributed by atoms with Crippen molar-refractivity contribution in [3.63, 3.8) is 0 Å². The summed E-state index contributed by atoms with van der Waals surface area (Å²) in [5, 5.41) is 0. The van der Waals surface area contributed by atoms with Crippen molar-refractivity contribution in [1.82, 2.24) is 9.80 Å². The van der Waals surface area contributed by atoms with Gasteiger partial charge >= 0.3 is 0 Å². The maximum Gasteiger partial charge on any atom is 0.257 e. The summed E-state index contributed by atoms with van der Waals surface area (Å²) in [5.41, 5.74) is 3.91. The molecule has 3 amide bonds. The van der Waals surface area contributed by atoms with Crippen molar-refractivity contribution in [3.05, 3.63) is 59.7 Å². The van der Waals surface area contributed by atoms with E-state index in [1.807, 2.05) is 6.21 Å². The smallest absolute Gasteiger partial charge is 0.257 e. The van der Waals surface area contributed by atoms with E-state index in [0.717, 1.165) is 30.4 Å². The fraction of sp³-hybridized carbons (Fsp3) is 0.462. The van der Waals surface area contributed by atoms with Crippen LogP contribution in [-0.2, 0) is 9.53 Å². The lowest BCUT2D eigenvalue weighted by atomic mass is 10.1. The van der Waals surface area contributed by atoms with Crippen LogP contribution in [0.4, 0.5) is 11.4 Å². The number of nitrogens with zero attached hydrogens (tertiary/aromatic N) is 5. The Kier molecular flexibility index (Phi) is 11.6. The van der Waals surface area contributed by atoms with Crippen LogP contribution >= 0.6 is 0 Å². The van der Waals surface area contributed by atoms with Crippen LogP contribution in [0.15, 0.2) is 58.6 Å². The van der Waals surface area contributed by atoms with E-state index in [4.69, 9.17) is 23.7 Å². The van der Waals surface area contributed by atoms with Crippen LogP contribution in [0, 0.1) is 0 Å². The van der Waals surface area contributed by atoms with Crippen LogP contribution in [0.2, 0.25) is 0 Å². The molecule has 4 heterocycles. The summed E-state index contributed by atoms with van der Waals surface area (Å²) in [4.78, 5) is 54.2. The van der Waals surface area contributed by atoms with Gasteiger partial charge in [0, 0.05) is 38.0 Å². The van der Waals surface area contributed by atoms with Crippen LogP contribution in [0.25, 0.3) is 0 Å². The van der Waals surface area contributed by atoms with Crippen LogP contribution in [0.5, 0.6) is 23.0 Å². The van der Waals surface area contributed by atoms with Crippen molar-refractivity contribution in [1.29, 1.82) is 0 Å². The molecule has 0 N–H and O–H groups in total. The van der Waals surface area contributed by atoms with Gasteiger partial charge in [-0.15, -0.1) is 0 Å². The average Bonchev–Trinajstić information content (AvgIpc) is 3.65. The van der Waals surface area contributed by atoms with Crippen molar-refractivity contribution in [2.24, 2.45) is 9.98 Å². The second-order valence-electron chi connectivity index (χ2n) is 13.4. The predicted molar refractivity (Wildman–Crippen MR) is 198 cm³/mol. The highest BCUT2D eigenvalue weighted by Gasteiger charge is 2.40. The third-order valence-electron chi connectivity index (χ3n) is 9.73. The second kappa shape index (κ2) is 16.4. The van der Waals surface area contributed by atoms with Gasteiger partial charge in [0.05, 0.1) is 88.2 Å². The maximum atomic E-state index is 13.8. The number of carbonyl (C=O) groups is 3. The molecular weight excluding hydrogens is 666 g/mol. The number of hydrogen-bond acceptors (Lipinski definition) is 10. The van der Waals surface area contributed by atoms with E-state index in [-0.39, 0.29) is 42.8 Å². The van der Waals surface area contributed by atoms with Gasteiger partial charge in [0.25, 0.3) is 11.8 Å². The first-order valence-corrected chi connectivity index (χ1v) is 17.7. The van der Waals surface area contributed by atoms with Crippen molar-refractivity contribution < 1.29 is 38.1 Å². The number of hydrogen-bond donors (Lipinski definition) is 0. The Morgan fingerprint density at radius 3 is 2.19 bits per heavy atom. The first-order chi connectivity index (χ1) is 25.2. The second-order valence-corrected chi connectivity index (χ2v) is 13.4. The number of rotatable bonds is 16. The lowest BCUT2D eigenvalue weighted by molar-refractivity contribution is -0.119. The Morgan fingerprint density at radius 1 is 0.827 bits per heavy atom. The minimum atomic E-state index is -0.167. The van der Waals surface area contributed by atoms with Crippen LogP contribution in [0.1, 0.15) is 59.2 Å². The minimum Gasteiger partial charge on any atom is -0.493 e. The Labute approximate surface area is 304 Å². The monoisotopic (exact) mass is 713 g/mol. The van der Waals surface area contributed by atoms with Crippen LogP contribution in [-0.4, -0.2) is 119 Å². The molecular formula is C39H47N5O8. The first kappa shape index (κ1) is 36.6. The molecule has 4 aliphatic rings. The summed E-state index contributed by atoms with van der Waals surface area (Å²) in [5.74, 6) is 1.48. The molecule has 0 unspecified atom stereocenters. The van der Waals surface area contributed by atoms with Crippen molar-refractivity contribution in [2.75, 3.05) is 71.7 Å². The van der Waals surface area contributed by atoms with E-state index < -0.39 is 0 Å². The fourth-order valence-electron chi connectivity index (χ4n) is 7.07. The first-order valence-electron chi connectivity index (χ1n) is 17.7. The molecule has 2 aromatic carbocycles. The molecule has 0 radical (unpaired) electrons. The third kappa shape index (κ3) is 7.84. The molecule has 6 rings (SSSR count). The van der Waals surface area contributed by atoms with Crippen LogP contribution < -0.4 is 23.8 Å². The molecule has 13 nitrogen and oxygen atoms in total. The molecule has 0 bridgehead atoms. The summed E-state index contributed by atoms with van der Waals surface area (Å²) in [6.45, 7) is 14.8. The zero-order chi connectivity index (χ0) is 36.8. The van der Waals surface area contributed by atoms with Gasteiger partial charge in [0.2, 0.25) is 5.91 Å². The van der Waals surface area contributed by atoms with Gasteiger partial charge in [0.15, 0.2) is 23.0 Å². The third-order valence-corrected chi connectivity index (χ3v) is 9.73. The van der Waals surface area contributed by atoms with Crippen molar-refractivity contribution >= 4 is 42.0 Å². The highest BCUT2D eigenvalue weighted by molar-refractivity contribution is 6.07. The highest BCUT2D eigenvalue weighted by Crippen LogP contribution is 2.41. The summed E-state index contributed by atoms with van der Waals surface area (Å²) in [6.07, 6.45) is 5.59. The Balaban J connectivity index is 1.07. The number of benzene rings is 2. The molecule has 2 aromatic rings. The van der Waals surface area contributed by atoms with E-state index in [9.17, 15) is 14.4 Å². The zero-order valence-electron chi connectivity index (χ0n) is 30.1. The van der Waals surface area contributed by atoms with E-state index in [1.54, 1.807) is 46.1 Å². The summed E-state index contributed by atoms with van der Waals surface area (Å²) >= 11 is 0. The average molecular weight is 714 g/mol. The largest absolute Gasteiger partial charge is 0.493 e. The van der Waals surface area contributed by atoms with Gasteiger partial charge in [-0.2, -0.15) is 0 Å². The standard InChI is InChI=1S/C39H47N5O8/c1-25-15-27-21-41-31-19-35(33(48-4)17-29(31)38(46)42(27)22-25)51-11-7-6-8-12-52-36-20-32-30(18-34(36)49-5)39(47)43-23-26(2)16-28(43)24-44(32)37(45)9-13-50-14-10-40-3/h17-21,27-28H,1-3,6-16,22-24H2,4-5H3/t27-,28-/m0/s1. The van der Waals surface area contributed by atoms with E-state index in [1.165, 1.54) is 7.11 Å². The zero-order valence-corrected chi connectivity index (χ0v) is 30.1. The van der Waals surface area contributed by atoms with Gasteiger partial charge in [-0.1, -0.05) is 24.3 Å². The lowest BCUT2D eigenvalue weighted by Crippen LogP contribution is -2.42. The number of carbonyl (C=O) groups excluding carboxylic acids is 3. The summed E-state index contributed by atoms with van der Waals surface area (Å²) in [7, 11) is 3.08. The van der Waals surface area contributed by atoms with Gasteiger partial charge in [-0.05, 0) is 51.0 Å². The SMILES string of the molecule is C=NCCOCCC(=O)N1C[C@@H]2CC(=C)CN2C(=O)c2cc(OC)c(OCCCCCOc3cc4c(cc3OC)C(=O)N3CC(=C)C[C@H]3C=N4)cc21. The molecule has 2 saturated heterocycles. The predicted octanol–water partition coefficient (Wildman–Crippen LogP) is 5.04. The molecule has 2 fully saturated rings. The highest BCUT2D eigenvalue weighted by atomic mass is 16.5. The Hall–Kier alpha value is -5.17. The normalized spacial score (nSPS) is 19.1. The number of methoxy groups -OCH3 is 2. The number of ether oxygens (including phenoxy) is 5. The number of amides is 3. The molecule has 52 heavy (non-hydrogen) atoms. The van der Waals surface area contributed by atoms with Gasteiger partial charge in [-0.3, -0.25) is 24.4 Å². The number of fused-ring (bicyclic) bond motifs is 4. The molecule has 4 aliphatic heterocycles. The quantitative estimate of drug-likeness (QED) is 0.134. The topological polar surface area (TPSA) is 132 Å². The Bertz CT molecular complexity index is 1770. The molecule has 0 saturated carbocycles. The van der Waals surface area contributed by atoms with E-state index in [0.29, 0.717) is 104 Å². The van der Waals surface area contributed by atoms with Gasteiger partial charge < -0.3 is 38.4 Å². The molecule has 0 aliphatic carbocycles. The number of aliphatic imine (C=N–C) groups is 2. The number of unbranched alkanes of at least 4 members (excludes halogenated alkanes) is 2. The molecule has 0 aromatic heterocycles. The number of anilines is 1. The summed E-state index contributed by atoms with van der Waals surface area (Å²) < 4.78 is 29.1. The molecule has 276 valence electrons. The molecule has 0 spiro atoms.